The molecular weight excluding hydrogens is 448 g/mol. The van der Waals surface area contributed by atoms with Gasteiger partial charge in [-0.25, -0.2) is 0 Å². The molecule has 1 unspecified atom stereocenters. The third-order valence-corrected chi connectivity index (χ3v) is 7.22. The van der Waals surface area contributed by atoms with E-state index in [1.54, 1.807) is 0 Å². The molecule has 0 amide bonds. The fourth-order valence-corrected chi connectivity index (χ4v) is 4.64. The maximum absolute atomic E-state index is 11.2. The zero-order chi connectivity index (χ0) is 26.2. The molecule has 35 heavy (non-hydrogen) atoms. The van der Waals surface area contributed by atoms with E-state index in [1.807, 2.05) is 13.8 Å². The number of hydrogen-bond donors (Lipinski definition) is 3. The number of aliphatic hydroxyl groups excluding tert-OH is 3. The number of ether oxygens (including phenoxy) is 3. The molecular formula is C28H46O7. The predicted molar refractivity (Wildman–Crippen MR) is 136 cm³/mol. The molecule has 1 aliphatic heterocycles. The smallest absolute Gasteiger partial charge is 0.302 e. The SMILES string of the molecule is CC(=O)OC[C@H]1O[C@@H](OC(C)(C)C2C/C=C(\C)CC/C=C(\C)CC/C=C(\C)CC2)[C@H](O)[C@@H](O)[C@@H]1O. The quantitative estimate of drug-likeness (QED) is 0.385. The van der Waals surface area contributed by atoms with Crippen molar-refractivity contribution in [1.29, 1.82) is 0 Å². The Morgan fingerprint density at radius 2 is 1.51 bits per heavy atom. The van der Waals surface area contributed by atoms with Crippen LogP contribution in [0.15, 0.2) is 34.9 Å². The molecule has 2 rings (SSSR count). The molecule has 6 atom stereocenters. The van der Waals surface area contributed by atoms with E-state index < -0.39 is 42.3 Å². The second-order valence-corrected chi connectivity index (χ2v) is 10.7. The summed E-state index contributed by atoms with van der Waals surface area (Å²) < 4.78 is 17.1. The van der Waals surface area contributed by atoms with Crippen molar-refractivity contribution in [1.82, 2.24) is 0 Å². The van der Waals surface area contributed by atoms with Gasteiger partial charge in [0.1, 0.15) is 31.0 Å². The highest BCUT2D eigenvalue weighted by atomic mass is 16.7. The van der Waals surface area contributed by atoms with E-state index in [4.69, 9.17) is 14.2 Å². The van der Waals surface area contributed by atoms with Crippen LogP contribution in [0.1, 0.15) is 86.5 Å². The maximum Gasteiger partial charge on any atom is 0.302 e. The zero-order valence-electron chi connectivity index (χ0n) is 22.3. The topological polar surface area (TPSA) is 105 Å². The van der Waals surface area contributed by atoms with E-state index in [9.17, 15) is 20.1 Å². The van der Waals surface area contributed by atoms with Crippen molar-refractivity contribution < 1.29 is 34.3 Å². The monoisotopic (exact) mass is 494 g/mol. The van der Waals surface area contributed by atoms with Crippen molar-refractivity contribution in [2.45, 2.75) is 123 Å². The molecule has 3 N–H and O–H groups in total. The second kappa shape index (κ2) is 13.7. The van der Waals surface area contributed by atoms with Gasteiger partial charge >= 0.3 is 5.97 Å². The first kappa shape index (κ1) is 29.7. The first-order valence-corrected chi connectivity index (χ1v) is 12.9. The Bertz CT molecular complexity index is 782. The van der Waals surface area contributed by atoms with Gasteiger partial charge in [0.25, 0.3) is 0 Å². The average Bonchev–Trinajstić information content (AvgIpc) is 2.77. The van der Waals surface area contributed by atoms with Crippen molar-refractivity contribution in [2.24, 2.45) is 5.92 Å². The molecule has 0 saturated carbocycles. The summed E-state index contributed by atoms with van der Waals surface area (Å²) in [7, 11) is 0. The molecule has 0 aromatic carbocycles. The molecule has 7 heteroatoms. The Morgan fingerprint density at radius 3 is 2.11 bits per heavy atom. The van der Waals surface area contributed by atoms with Crippen molar-refractivity contribution in [3.05, 3.63) is 34.9 Å². The van der Waals surface area contributed by atoms with Crippen LogP contribution in [0.4, 0.5) is 0 Å². The summed E-state index contributed by atoms with van der Waals surface area (Å²) in [6.07, 6.45) is 7.33. The Morgan fingerprint density at radius 1 is 0.943 bits per heavy atom. The predicted octanol–water partition coefficient (Wildman–Crippen LogP) is 4.35. The van der Waals surface area contributed by atoms with Gasteiger partial charge in [-0.15, -0.1) is 0 Å². The molecule has 0 radical (unpaired) electrons. The first-order valence-electron chi connectivity index (χ1n) is 12.9. The lowest BCUT2D eigenvalue weighted by molar-refractivity contribution is -0.328. The molecule has 1 saturated heterocycles. The van der Waals surface area contributed by atoms with Gasteiger partial charge in [-0.2, -0.15) is 0 Å². The molecule has 0 spiro atoms. The minimum atomic E-state index is -1.47. The lowest BCUT2D eigenvalue weighted by Gasteiger charge is -2.44. The molecule has 200 valence electrons. The summed E-state index contributed by atoms with van der Waals surface area (Å²) in [5, 5.41) is 31.2. The standard InChI is InChI=1S/C28H46O7/c1-18-9-7-11-19(2)13-15-22(16-14-20(3)12-8-10-18)28(5,6)35-27-26(32)25(31)24(30)23(34-27)17-33-21(4)29/h9,12-13,22-27,30-32H,7-8,10-11,14-17H2,1-6H3/b18-9+,19-13+,20-12+/t22?,23-,24-,25+,26-,27+/m1/s1. The molecule has 0 bridgehead atoms. The van der Waals surface area contributed by atoms with Gasteiger partial charge in [0.15, 0.2) is 6.29 Å². The van der Waals surface area contributed by atoms with Crippen molar-refractivity contribution in [3.63, 3.8) is 0 Å². The number of aliphatic hydroxyl groups is 3. The van der Waals surface area contributed by atoms with E-state index in [0.29, 0.717) is 0 Å². The first-order chi connectivity index (χ1) is 16.4. The van der Waals surface area contributed by atoms with Gasteiger partial charge in [0.2, 0.25) is 0 Å². The highest BCUT2D eigenvalue weighted by Gasteiger charge is 2.47. The van der Waals surface area contributed by atoms with Gasteiger partial charge < -0.3 is 29.5 Å². The summed E-state index contributed by atoms with van der Waals surface area (Å²) in [5.41, 5.74) is 3.44. The van der Waals surface area contributed by atoms with E-state index in [0.717, 1.165) is 44.9 Å². The third-order valence-electron chi connectivity index (χ3n) is 7.22. The van der Waals surface area contributed by atoms with Gasteiger partial charge in [-0.05, 0) is 85.5 Å². The Kier molecular flexibility index (Phi) is 11.6. The van der Waals surface area contributed by atoms with Crippen LogP contribution in [0, 0.1) is 5.92 Å². The number of rotatable bonds is 5. The van der Waals surface area contributed by atoms with Crippen LogP contribution in [-0.2, 0) is 19.0 Å². The fourth-order valence-electron chi connectivity index (χ4n) is 4.64. The van der Waals surface area contributed by atoms with Crippen molar-refractivity contribution >= 4 is 5.97 Å². The molecule has 1 aliphatic carbocycles. The summed E-state index contributed by atoms with van der Waals surface area (Å²) in [6.45, 7) is 11.5. The Labute approximate surface area is 210 Å². The Hall–Kier alpha value is -1.51. The number of esters is 1. The van der Waals surface area contributed by atoms with Crippen LogP contribution in [0.2, 0.25) is 0 Å². The fraction of sp³-hybridized carbons (Fsp3) is 0.750. The molecule has 0 aromatic heterocycles. The van der Waals surface area contributed by atoms with E-state index in [1.165, 1.54) is 23.6 Å². The summed E-state index contributed by atoms with van der Waals surface area (Å²) >= 11 is 0. The van der Waals surface area contributed by atoms with Gasteiger partial charge in [0, 0.05) is 6.92 Å². The highest BCUT2D eigenvalue weighted by molar-refractivity contribution is 5.65. The minimum absolute atomic E-state index is 0.132. The maximum atomic E-state index is 11.2. The van der Waals surface area contributed by atoms with Crippen LogP contribution in [0.3, 0.4) is 0 Å². The number of allylic oxidation sites excluding steroid dienone is 6. The normalized spacial score (nSPS) is 36.5. The summed E-state index contributed by atoms with van der Waals surface area (Å²) in [6, 6.07) is 0. The lowest BCUT2D eigenvalue weighted by Crippen LogP contribution is -2.61. The number of carbonyl (C=O) groups excluding carboxylic acids is 1. The third kappa shape index (κ3) is 9.47. The molecule has 1 fully saturated rings. The molecule has 1 heterocycles. The van der Waals surface area contributed by atoms with Gasteiger partial charge in [-0.3, -0.25) is 4.79 Å². The highest BCUT2D eigenvalue weighted by Crippen LogP contribution is 2.35. The van der Waals surface area contributed by atoms with E-state index in [-0.39, 0.29) is 12.5 Å². The minimum Gasteiger partial charge on any atom is -0.463 e. The van der Waals surface area contributed by atoms with Crippen molar-refractivity contribution in [2.75, 3.05) is 6.61 Å². The van der Waals surface area contributed by atoms with Crippen LogP contribution in [0.25, 0.3) is 0 Å². The molecule has 7 nitrogen and oxygen atoms in total. The largest absolute Gasteiger partial charge is 0.463 e. The molecule has 2 aliphatic rings. The average molecular weight is 495 g/mol. The van der Waals surface area contributed by atoms with Crippen LogP contribution >= 0.6 is 0 Å². The molecule has 0 aromatic rings. The van der Waals surface area contributed by atoms with Crippen LogP contribution in [0.5, 0.6) is 0 Å². The van der Waals surface area contributed by atoms with E-state index >= 15 is 0 Å². The van der Waals surface area contributed by atoms with E-state index in [2.05, 4.69) is 39.0 Å². The second-order valence-electron chi connectivity index (χ2n) is 10.7. The number of carbonyl (C=O) groups is 1. The van der Waals surface area contributed by atoms with Gasteiger partial charge in [0.05, 0.1) is 5.60 Å². The van der Waals surface area contributed by atoms with Crippen LogP contribution < -0.4 is 0 Å². The van der Waals surface area contributed by atoms with Crippen LogP contribution in [-0.4, -0.2) is 64.2 Å². The lowest BCUT2D eigenvalue weighted by atomic mass is 9.82. The summed E-state index contributed by atoms with van der Waals surface area (Å²) in [4.78, 5) is 11.2. The zero-order valence-corrected chi connectivity index (χ0v) is 22.3. The number of hydrogen-bond acceptors (Lipinski definition) is 7. The Balaban J connectivity index is 2.18. The summed E-state index contributed by atoms with van der Waals surface area (Å²) in [5.74, 6) is -0.386. The van der Waals surface area contributed by atoms with Gasteiger partial charge in [-0.1, -0.05) is 34.9 Å². The van der Waals surface area contributed by atoms with Crippen molar-refractivity contribution in [3.8, 4) is 0 Å².